The number of fused-ring (bicyclic) bond motifs is 1. The molecule has 1 N–H and O–H groups in total. The molecule has 19 heavy (non-hydrogen) atoms. The smallest absolute Gasteiger partial charge is 0.315 e. The number of benzene rings is 1. The maximum atomic E-state index is 5.32. The predicted octanol–water partition coefficient (Wildman–Crippen LogP) is 2.10. The zero-order valence-electron chi connectivity index (χ0n) is 11.3. The molecule has 1 aromatic heterocycles. The van der Waals surface area contributed by atoms with Crippen LogP contribution in [0, 0.1) is 12.8 Å². The van der Waals surface area contributed by atoms with E-state index < -0.39 is 0 Å². The minimum absolute atomic E-state index is 0.513. The van der Waals surface area contributed by atoms with Crippen molar-refractivity contribution < 1.29 is 4.42 Å². The number of aromatic nitrogens is 2. The fraction of sp³-hybridized carbons (Fsp3) is 0.429. The highest BCUT2D eigenvalue weighted by molar-refractivity contribution is 5.55. The second-order valence-electron chi connectivity index (χ2n) is 5.09. The van der Waals surface area contributed by atoms with Crippen LogP contribution in [0.4, 0.5) is 11.7 Å². The van der Waals surface area contributed by atoms with Gasteiger partial charge in [-0.15, -0.1) is 5.10 Å². The fourth-order valence-corrected chi connectivity index (χ4v) is 2.65. The van der Waals surface area contributed by atoms with Crippen molar-refractivity contribution in [2.24, 2.45) is 5.92 Å². The molecule has 1 unspecified atom stereocenters. The molecule has 0 spiro atoms. The average Bonchev–Trinajstić information content (AvgIpc) is 2.82. The molecule has 100 valence electrons. The Bertz CT molecular complexity index is 566. The van der Waals surface area contributed by atoms with E-state index in [1.165, 1.54) is 11.3 Å². The van der Waals surface area contributed by atoms with E-state index in [1.54, 1.807) is 6.92 Å². The highest BCUT2D eigenvalue weighted by Crippen LogP contribution is 2.28. The largest absolute Gasteiger partial charge is 0.408 e. The third-order valence-corrected chi connectivity index (χ3v) is 3.51. The number of anilines is 2. The first kappa shape index (κ1) is 12.0. The molecule has 0 saturated carbocycles. The lowest BCUT2D eigenvalue weighted by Gasteiger charge is -2.33. The number of hydrogen-bond acceptors (Lipinski definition) is 5. The molecule has 1 aliphatic heterocycles. The van der Waals surface area contributed by atoms with Gasteiger partial charge in [0, 0.05) is 32.7 Å². The van der Waals surface area contributed by atoms with E-state index in [0.717, 1.165) is 19.5 Å². The first-order chi connectivity index (χ1) is 9.22. The summed E-state index contributed by atoms with van der Waals surface area (Å²) in [5, 5.41) is 11.0. The van der Waals surface area contributed by atoms with Gasteiger partial charge in [0.2, 0.25) is 5.89 Å². The second-order valence-corrected chi connectivity index (χ2v) is 5.09. The van der Waals surface area contributed by atoms with Crippen molar-refractivity contribution in [3.05, 3.63) is 35.7 Å². The molecular formula is C14H18N4O. The summed E-state index contributed by atoms with van der Waals surface area (Å²) in [5.74, 6) is 1.14. The number of rotatable bonds is 3. The second kappa shape index (κ2) is 4.91. The van der Waals surface area contributed by atoms with E-state index in [-0.39, 0.29) is 0 Å². The summed E-state index contributed by atoms with van der Waals surface area (Å²) in [4.78, 5) is 2.31. The molecular weight excluding hydrogens is 240 g/mol. The monoisotopic (exact) mass is 258 g/mol. The number of nitrogens with one attached hydrogen (secondary N) is 1. The van der Waals surface area contributed by atoms with Crippen molar-refractivity contribution in [3.8, 4) is 0 Å². The van der Waals surface area contributed by atoms with Crippen LogP contribution in [-0.2, 0) is 6.42 Å². The highest BCUT2D eigenvalue weighted by Gasteiger charge is 2.21. The first-order valence-electron chi connectivity index (χ1n) is 6.55. The van der Waals surface area contributed by atoms with Gasteiger partial charge in [-0.1, -0.05) is 23.3 Å². The number of aryl methyl sites for hydroxylation is 1. The SMILES string of the molecule is Cc1nnc(NCC2Cc3ccccc3N(C)C2)o1. The van der Waals surface area contributed by atoms with Gasteiger partial charge in [0.05, 0.1) is 0 Å². The standard InChI is InChI=1S/C14H18N4O/c1-10-16-17-14(19-10)15-8-11-7-12-5-3-4-6-13(12)18(2)9-11/h3-6,11H,7-9H2,1-2H3,(H,15,17). The maximum Gasteiger partial charge on any atom is 0.315 e. The molecule has 1 aliphatic rings. The molecule has 1 aromatic carbocycles. The van der Waals surface area contributed by atoms with Crippen LogP contribution in [0.25, 0.3) is 0 Å². The molecule has 0 radical (unpaired) electrons. The average molecular weight is 258 g/mol. The number of hydrogen-bond donors (Lipinski definition) is 1. The first-order valence-corrected chi connectivity index (χ1v) is 6.55. The lowest BCUT2D eigenvalue weighted by molar-refractivity contribution is 0.498. The van der Waals surface area contributed by atoms with Crippen LogP contribution in [-0.4, -0.2) is 30.3 Å². The van der Waals surface area contributed by atoms with Crippen LogP contribution in [0.2, 0.25) is 0 Å². The Morgan fingerprint density at radius 2 is 2.21 bits per heavy atom. The van der Waals surface area contributed by atoms with Crippen LogP contribution >= 0.6 is 0 Å². The summed E-state index contributed by atoms with van der Waals surface area (Å²) < 4.78 is 5.32. The molecule has 5 nitrogen and oxygen atoms in total. The Morgan fingerprint density at radius 3 is 3.00 bits per heavy atom. The summed E-state index contributed by atoms with van der Waals surface area (Å²) in [6, 6.07) is 9.09. The third kappa shape index (κ3) is 2.54. The van der Waals surface area contributed by atoms with Crippen molar-refractivity contribution in [3.63, 3.8) is 0 Å². The van der Waals surface area contributed by atoms with Crippen LogP contribution in [0.3, 0.4) is 0 Å². The Kier molecular flexibility index (Phi) is 3.11. The van der Waals surface area contributed by atoms with E-state index in [9.17, 15) is 0 Å². The number of para-hydroxylation sites is 1. The van der Waals surface area contributed by atoms with Gasteiger partial charge in [-0.25, -0.2) is 0 Å². The predicted molar refractivity (Wildman–Crippen MR) is 74.4 cm³/mol. The zero-order valence-corrected chi connectivity index (χ0v) is 11.3. The van der Waals surface area contributed by atoms with Crippen molar-refractivity contribution >= 4 is 11.7 Å². The summed E-state index contributed by atoms with van der Waals surface area (Å²) in [6.45, 7) is 3.68. The zero-order chi connectivity index (χ0) is 13.2. The minimum atomic E-state index is 0.513. The van der Waals surface area contributed by atoms with E-state index in [2.05, 4.69) is 51.7 Å². The van der Waals surface area contributed by atoms with Crippen LogP contribution in [0.1, 0.15) is 11.5 Å². The van der Waals surface area contributed by atoms with Gasteiger partial charge in [0.1, 0.15) is 0 Å². The van der Waals surface area contributed by atoms with E-state index >= 15 is 0 Å². The maximum absolute atomic E-state index is 5.32. The molecule has 0 fully saturated rings. The highest BCUT2D eigenvalue weighted by atomic mass is 16.4. The van der Waals surface area contributed by atoms with E-state index in [4.69, 9.17) is 4.42 Å². The molecule has 2 aromatic rings. The molecule has 3 rings (SSSR count). The molecule has 1 atom stereocenters. The van der Waals surface area contributed by atoms with Crippen molar-refractivity contribution in [2.75, 3.05) is 30.4 Å². The summed E-state index contributed by atoms with van der Waals surface area (Å²) in [7, 11) is 2.14. The Hall–Kier alpha value is -2.04. The van der Waals surface area contributed by atoms with Crippen molar-refractivity contribution in [1.82, 2.24) is 10.2 Å². The van der Waals surface area contributed by atoms with Crippen LogP contribution in [0.15, 0.2) is 28.7 Å². The van der Waals surface area contributed by atoms with Crippen molar-refractivity contribution in [2.45, 2.75) is 13.3 Å². The molecule has 0 saturated heterocycles. The lowest BCUT2D eigenvalue weighted by atomic mass is 9.93. The van der Waals surface area contributed by atoms with Gasteiger partial charge in [0.15, 0.2) is 0 Å². The van der Waals surface area contributed by atoms with Crippen molar-refractivity contribution in [1.29, 1.82) is 0 Å². The normalized spacial score (nSPS) is 18.2. The van der Waals surface area contributed by atoms with E-state index in [1.807, 2.05) is 0 Å². The summed E-state index contributed by atoms with van der Waals surface area (Å²) >= 11 is 0. The van der Waals surface area contributed by atoms with Gasteiger partial charge >= 0.3 is 6.01 Å². The summed E-state index contributed by atoms with van der Waals surface area (Å²) in [5.41, 5.74) is 2.75. The molecule has 0 bridgehead atoms. The van der Waals surface area contributed by atoms with Gasteiger partial charge in [0.25, 0.3) is 0 Å². The molecule has 5 heteroatoms. The summed E-state index contributed by atoms with van der Waals surface area (Å²) in [6.07, 6.45) is 1.08. The van der Waals surface area contributed by atoms with Crippen LogP contribution in [0.5, 0.6) is 0 Å². The van der Waals surface area contributed by atoms with Gasteiger partial charge in [-0.3, -0.25) is 0 Å². The number of nitrogens with zero attached hydrogens (tertiary/aromatic N) is 3. The lowest BCUT2D eigenvalue weighted by Crippen LogP contribution is -2.35. The Labute approximate surface area is 112 Å². The van der Waals surface area contributed by atoms with E-state index in [0.29, 0.717) is 17.8 Å². The molecule has 2 heterocycles. The Balaban J connectivity index is 1.65. The third-order valence-electron chi connectivity index (χ3n) is 3.51. The topological polar surface area (TPSA) is 54.2 Å². The van der Waals surface area contributed by atoms with Gasteiger partial charge in [-0.2, -0.15) is 0 Å². The molecule has 0 aliphatic carbocycles. The van der Waals surface area contributed by atoms with Crippen LogP contribution < -0.4 is 10.2 Å². The van der Waals surface area contributed by atoms with Gasteiger partial charge < -0.3 is 14.6 Å². The minimum Gasteiger partial charge on any atom is -0.408 e. The fourth-order valence-electron chi connectivity index (χ4n) is 2.65. The van der Waals surface area contributed by atoms with Gasteiger partial charge in [-0.05, 0) is 24.0 Å². The quantitative estimate of drug-likeness (QED) is 0.913. The molecule has 0 amide bonds. The Morgan fingerprint density at radius 1 is 1.37 bits per heavy atom.